The Bertz CT molecular complexity index is 1290. The van der Waals surface area contributed by atoms with E-state index in [4.69, 9.17) is 0 Å². The minimum atomic E-state index is -0.775. The molecule has 0 bridgehead atoms. The molecular weight excluding hydrogens is 432 g/mol. The third-order valence-electron chi connectivity index (χ3n) is 5.11. The SMILES string of the molecule is CCCCC#Cc1ccc(C#Cc2ccc(-c3cc(F)c(N=C=S)c(F)c3)cc2CC)cc1. The monoisotopic (exact) mass is 455 g/mol. The molecule has 164 valence electrons. The van der Waals surface area contributed by atoms with Crippen LogP contribution in [-0.4, -0.2) is 5.16 Å². The molecule has 0 amide bonds. The van der Waals surface area contributed by atoms with Crippen LogP contribution in [0, 0.1) is 35.3 Å². The molecule has 3 rings (SSSR count). The van der Waals surface area contributed by atoms with Gasteiger partial charge in [-0.1, -0.05) is 50.0 Å². The zero-order valence-electron chi connectivity index (χ0n) is 18.6. The molecule has 0 aromatic heterocycles. The van der Waals surface area contributed by atoms with E-state index in [1.807, 2.05) is 54.5 Å². The van der Waals surface area contributed by atoms with Crippen LogP contribution in [0.5, 0.6) is 0 Å². The Hall–Kier alpha value is -3.56. The molecule has 0 unspecified atom stereocenters. The van der Waals surface area contributed by atoms with Gasteiger partial charge in [0.1, 0.15) is 5.69 Å². The highest BCUT2D eigenvalue weighted by Gasteiger charge is 2.12. The Morgan fingerprint density at radius 3 is 2.09 bits per heavy atom. The second-order valence-electron chi connectivity index (χ2n) is 7.45. The van der Waals surface area contributed by atoms with Crippen molar-refractivity contribution in [2.45, 2.75) is 39.5 Å². The van der Waals surface area contributed by atoms with Gasteiger partial charge >= 0.3 is 0 Å². The van der Waals surface area contributed by atoms with E-state index in [-0.39, 0.29) is 0 Å². The van der Waals surface area contributed by atoms with Crippen LogP contribution in [0.4, 0.5) is 14.5 Å². The highest BCUT2D eigenvalue weighted by atomic mass is 32.1. The third kappa shape index (κ3) is 6.47. The number of benzene rings is 3. The van der Waals surface area contributed by atoms with Crippen LogP contribution < -0.4 is 0 Å². The number of hydrogen-bond donors (Lipinski definition) is 0. The van der Waals surface area contributed by atoms with Crippen molar-refractivity contribution in [2.24, 2.45) is 4.99 Å². The summed E-state index contributed by atoms with van der Waals surface area (Å²) in [5.74, 6) is 11.2. The lowest BCUT2D eigenvalue weighted by atomic mass is 9.97. The summed E-state index contributed by atoms with van der Waals surface area (Å²) in [7, 11) is 0. The first-order chi connectivity index (χ1) is 16.0. The summed E-state index contributed by atoms with van der Waals surface area (Å²) in [6, 6.07) is 16.0. The van der Waals surface area contributed by atoms with Crippen LogP contribution in [0.3, 0.4) is 0 Å². The van der Waals surface area contributed by atoms with Gasteiger partial charge in [0.05, 0.1) is 5.16 Å². The van der Waals surface area contributed by atoms with E-state index in [1.54, 1.807) is 0 Å². The van der Waals surface area contributed by atoms with Crippen LogP contribution in [-0.2, 0) is 6.42 Å². The summed E-state index contributed by atoms with van der Waals surface area (Å²) in [4.78, 5) is 3.46. The molecule has 0 saturated carbocycles. The third-order valence-corrected chi connectivity index (χ3v) is 5.20. The average molecular weight is 456 g/mol. The van der Waals surface area contributed by atoms with E-state index >= 15 is 0 Å². The first-order valence-corrected chi connectivity index (χ1v) is 11.3. The van der Waals surface area contributed by atoms with Gasteiger partial charge < -0.3 is 0 Å². The van der Waals surface area contributed by atoms with Crippen molar-refractivity contribution >= 4 is 23.1 Å². The fraction of sp³-hybridized carbons (Fsp3) is 0.207. The number of rotatable bonds is 5. The Labute approximate surface area is 199 Å². The lowest BCUT2D eigenvalue weighted by Gasteiger charge is -2.08. The fourth-order valence-corrected chi connectivity index (χ4v) is 3.37. The molecule has 0 N–H and O–H groups in total. The maximum absolute atomic E-state index is 14.2. The molecule has 0 aliphatic rings. The molecule has 0 radical (unpaired) electrons. The number of nitrogens with zero attached hydrogens (tertiary/aromatic N) is 1. The van der Waals surface area contributed by atoms with Crippen molar-refractivity contribution in [1.29, 1.82) is 0 Å². The topological polar surface area (TPSA) is 12.4 Å². The maximum atomic E-state index is 14.2. The molecule has 0 aliphatic heterocycles. The van der Waals surface area contributed by atoms with Crippen LogP contribution in [0.1, 0.15) is 55.4 Å². The number of thiocarbonyl (C=S) groups is 1. The molecule has 0 atom stereocenters. The molecule has 33 heavy (non-hydrogen) atoms. The fourth-order valence-electron chi connectivity index (χ4n) is 3.28. The number of isothiocyanates is 1. The predicted octanol–water partition coefficient (Wildman–Crippen LogP) is 7.87. The summed E-state index contributed by atoms with van der Waals surface area (Å²) in [6.45, 7) is 4.18. The molecule has 0 aliphatic carbocycles. The van der Waals surface area contributed by atoms with Crippen molar-refractivity contribution in [3.8, 4) is 34.8 Å². The molecule has 0 heterocycles. The Morgan fingerprint density at radius 1 is 0.818 bits per heavy atom. The van der Waals surface area contributed by atoms with E-state index in [9.17, 15) is 8.78 Å². The number of aryl methyl sites for hydroxylation is 1. The van der Waals surface area contributed by atoms with Gasteiger partial charge in [-0.2, -0.15) is 4.99 Å². The highest BCUT2D eigenvalue weighted by molar-refractivity contribution is 7.78. The van der Waals surface area contributed by atoms with Gasteiger partial charge in [-0.05, 0) is 90.3 Å². The highest BCUT2D eigenvalue weighted by Crippen LogP contribution is 2.30. The zero-order valence-corrected chi connectivity index (χ0v) is 19.5. The smallest absolute Gasteiger partial charge is 0.153 e. The summed E-state index contributed by atoms with van der Waals surface area (Å²) < 4.78 is 28.5. The first-order valence-electron chi connectivity index (χ1n) is 10.9. The Kier molecular flexibility index (Phi) is 8.68. The largest absolute Gasteiger partial charge is 0.204 e. The summed E-state index contributed by atoms with van der Waals surface area (Å²) in [5, 5.41) is 2.00. The number of halogens is 2. The first kappa shape index (κ1) is 24.1. The number of aliphatic imine (C=N–C) groups is 1. The minimum absolute atomic E-state index is 0.426. The van der Waals surface area contributed by atoms with Crippen LogP contribution >= 0.6 is 12.2 Å². The van der Waals surface area contributed by atoms with Crippen molar-refractivity contribution in [2.75, 3.05) is 0 Å². The van der Waals surface area contributed by atoms with Gasteiger partial charge in [0.2, 0.25) is 0 Å². The summed E-state index contributed by atoms with van der Waals surface area (Å²) >= 11 is 4.45. The molecule has 0 fully saturated rings. The number of hydrogen-bond acceptors (Lipinski definition) is 2. The zero-order chi connectivity index (χ0) is 23.6. The van der Waals surface area contributed by atoms with E-state index < -0.39 is 17.3 Å². The molecular formula is C29H23F2NS. The van der Waals surface area contributed by atoms with E-state index in [2.05, 4.69) is 47.8 Å². The van der Waals surface area contributed by atoms with Gasteiger partial charge in [-0.3, -0.25) is 0 Å². The van der Waals surface area contributed by atoms with Gasteiger partial charge in [-0.25, -0.2) is 8.78 Å². The Balaban J connectivity index is 1.84. The van der Waals surface area contributed by atoms with E-state index in [1.165, 1.54) is 12.1 Å². The molecule has 3 aromatic rings. The maximum Gasteiger partial charge on any atom is 0.153 e. The molecule has 4 heteroatoms. The molecule has 0 spiro atoms. The van der Waals surface area contributed by atoms with Crippen LogP contribution in [0.25, 0.3) is 11.1 Å². The van der Waals surface area contributed by atoms with Crippen molar-refractivity contribution < 1.29 is 8.78 Å². The standard InChI is InChI=1S/C29H23F2NS/c1-3-5-6-7-8-21-9-11-22(12-10-21)13-14-24-15-16-25(17-23(24)4-2)26-18-27(30)29(32-20-33)28(31)19-26/h9-12,15-19H,3-6H2,1-2H3. The summed E-state index contributed by atoms with van der Waals surface area (Å²) in [5.41, 5.74) is 4.48. The summed E-state index contributed by atoms with van der Waals surface area (Å²) in [6.07, 6.45) is 3.92. The lowest BCUT2D eigenvalue weighted by molar-refractivity contribution is 0.588. The van der Waals surface area contributed by atoms with Crippen molar-refractivity contribution in [1.82, 2.24) is 0 Å². The normalized spacial score (nSPS) is 9.82. The Morgan fingerprint density at radius 2 is 1.48 bits per heavy atom. The second kappa shape index (κ2) is 11.9. The average Bonchev–Trinajstić information content (AvgIpc) is 2.83. The van der Waals surface area contributed by atoms with Gasteiger partial charge in [0, 0.05) is 23.1 Å². The molecule has 3 aromatic carbocycles. The minimum Gasteiger partial charge on any atom is -0.204 e. The van der Waals surface area contributed by atoms with Gasteiger partial charge in [0.15, 0.2) is 11.6 Å². The van der Waals surface area contributed by atoms with Crippen LogP contribution in [0.15, 0.2) is 59.6 Å². The molecule has 1 nitrogen and oxygen atoms in total. The second-order valence-corrected chi connectivity index (χ2v) is 7.63. The quantitative estimate of drug-likeness (QED) is 0.165. The van der Waals surface area contributed by atoms with E-state index in [0.717, 1.165) is 47.9 Å². The molecule has 0 saturated heterocycles. The van der Waals surface area contributed by atoms with Gasteiger partial charge in [0.25, 0.3) is 0 Å². The van der Waals surface area contributed by atoms with Crippen molar-refractivity contribution in [3.05, 3.63) is 88.5 Å². The predicted molar refractivity (Wildman–Crippen MR) is 135 cm³/mol. The lowest BCUT2D eigenvalue weighted by Crippen LogP contribution is -1.91. The number of unbranched alkanes of at least 4 members (excludes halogenated alkanes) is 2. The van der Waals surface area contributed by atoms with Gasteiger partial charge in [-0.15, -0.1) is 0 Å². The van der Waals surface area contributed by atoms with Crippen molar-refractivity contribution in [3.63, 3.8) is 0 Å². The van der Waals surface area contributed by atoms with E-state index in [0.29, 0.717) is 11.1 Å². The van der Waals surface area contributed by atoms with Crippen LogP contribution in [0.2, 0.25) is 0 Å².